The van der Waals surface area contributed by atoms with Gasteiger partial charge in [-0.2, -0.15) is 0 Å². The van der Waals surface area contributed by atoms with Gasteiger partial charge in [-0.3, -0.25) is 4.79 Å². The summed E-state index contributed by atoms with van der Waals surface area (Å²) in [7, 11) is -1.03. The van der Waals surface area contributed by atoms with Crippen LogP contribution in [0.25, 0.3) is 0 Å². The number of rotatable bonds is 5. The van der Waals surface area contributed by atoms with Gasteiger partial charge < -0.3 is 5.32 Å². The first-order valence-corrected chi connectivity index (χ1v) is 8.79. The number of benzene rings is 2. The molecule has 0 spiro atoms. The molecule has 2 rings (SSSR count). The van der Waals surface area contributed by atoms with Crippen LogP contribution in [0, 0.1) is 5.82 Å². The molecular formula is C16H16ClFN2O3S. The highest BCUT2D eigenvalue weighted by molar-refractivity contribution is 7.89. The number of carbonyl (C=O) groups excluding carboxylic acids is 1. The van der Waals surface area contributed by atoms with Crippen molar-refractivity contribution in [1.29, 1.82) is 0 Å². The highest BCUT2D eigenvalue weighted by Gasteiger charge is 2.22. The molecule has 0 aliphatic rings. The summed E-state index contributed by atoms with van der Waals surface area (Å²) in [6.07, 6.45) is 0. The molecule has 0 unspecified atom stereocenters. The second-order valence-electron chi connectivity index (χ2n) is 5.21. The third-order valence-electron chi connectivity index (χ3n) is 3.35. The number of halogens is 2. The van der Waals surface area contributed by atoms with Gasteiger partial charge in [0.25, 0.3) is 5.91 Å². The first kappa shape index (κ1) is 18.4. The summed E-state index contributed by atoms with van der Waals surface area (Å²) < 4.78 is 39.0. The van der Waals surface area contributed by atoms with Crippen LogP contribution in [0.15, 0.2) is 47.4 Å². The van der Waals surface area contributed by atoms with Crippen molar-refractivity contribution in [2.24, 2.45) is 0 Å². The highest BCUT2D eigenvalue weighted by atomic mass is 35.5. The summed E-state index contributed by atoms with van der Waals surface area (Å²) >= 11 is 5.94. The van der Waals surface area contributed by atoms with E-state index >= 15 is 0 Å². The molecule has 0 aliphatic heterocycles. The van der Waals surface area contributed by atoms with Gasteiger partial charge in [0.15, 0.2) is 0 Å². The summed E-state index contributed by atoms with van der Waals surface area (Å²) in [5.74, 6) is -0.949. The monoisotopic (exact) mass is 370 g/mol. The number of carbonyl (C=O) groups is 1. The van der Waals surface area contributed by atoms with Crippen LogP contribution >= 0.6 is 11.6 Å². The molecule has 1 amide bonds. The van der Waals surface area contributed by atoms with Crippen LogP contribution in [0.3, 0.4) is 0 Å². The number of amides is 1. The zero-order valence-electron chi connectivity index (χ0n) is 13.1. The van der Waals surface area contributed by atoms with Gasteiger partial charge in [-0.25, -0.2) is 17.1 Å². The van der Waals surface area contributed by atoms with Gasteiger partial charge in [0.2, 0.25) is 10.0 Å². The maximum absolute atomic E-state index is 13.6. The van der Waals surface area contributed by atoms with E-state index in [0.29, 0.717) is 5.56 Å². The molecule has 0 radical (unpaired) electrons. The Labute approximate surface area is 145 Å². The fourth-order valence-electron chi connectivity index (χ4n) is 1.96. The Kier molecular flexibility index (Phi) is 5.58. The molecule has 128 valence electrons. The van der Waals surface area contributed by atoms with E-state index in [1.165, 1.54) is 38.4 Å². The van der Waals surface area contributed by atoms with Crippen LogP contribution in [-0.4, -0.2) is 32.7 Å². The predicted octanol–water partition coefficient (Wildman–Crippen LogP) is 2.66. The third kappa shape index (κ3) is 3.92. The SMILES string of the molecule is CN(C)S(=O)(=O)c1cc(C(=O)NCc2ccccc2F)ccc1Cl. The molecule has 0 heterocycles. The molecule has 0 bridgehead atoms. The molecule has 2 aromatic rings. The molecule has 0 aromatic heterocycles. The third-order valence-corrected chi connectivity index (χ3v) is 5.65. The van der Waals surface area contributed by atoms with Crippen LogP contribution in [0.2, 0.25) is 5.02 Å². The first-order chi connectivity index (χ1) is 11.2. The van der Waals surface area contributed by atoms with Gasteiger partial charge in [-0.1, -0.05) is 29.8 Å². The average molecular weight is 371 g/mol. The van der Waals surface area contributed by atoms with Crippen molar-refractivity contribution >= 4 is 27.5 Å². The minimum absolute atomic E-state index is 0.0100. The van der Waals surface area contributed by atoms with Crippen molar-refractivity contribution in [3.63, 3.8) is 0 Å². The lowest BCUT2D eigenvalue weighted by atomic mass is 10.2. The quantitative estimate of drug-likeness (QED) is 0.879. The molecule has 1 N–H and O–H groups in total. The Morgan fingerprint density at radius 2 is 1.88 bits per heavy atom. The van der Waals surface area contributed by atoms with E-state index < -0.39 is 21.7 Å². The van der Waals surface area contributed by atoms with Crippen LogP contribution in [0.5, 0.6) is 0 Å². The number of nitrogens with zero attached hydrogens (tertiary/aromatic N) is 1. The first-order valence-electron chi connectivity index (χ1n) is 6.97. The Balaban J connectivity index is 2.23. The van der Waals surface area contributed by atoms with Crippen molar-refractivity contribution in [2.45, 2.75) is 11.4 Å². The van der Waals surface area contributed by atoms with E-state index in [0.717, 1.165) is 4.31 Å². The van der Waals surface area contributed by atoms with Gasteiger partial charge in [0.05, 0.1) is 5.02 Å². The van der Waals surface area contributed by atoms with Gasteiger partial charge in [-0.05, 0) is 24.3 Å². The van der Waals surface area contributed by atoms with Crippen molar-refractivity contribution in [1.82, 2.24) is 9.62 Å². The van der Waals surface area contributed by atoms with Gasteiger partial charge >= 0.3 is 0 Å². The van der Waals surface area contributed by atoms with E-state index in [1.807, 2.05) is 0 Å². The number of sulfonamides is 1. The van der Waals surface area contributed by atoms with E-state index in [-0.39, 0.29) is 22.0 Å². The Bertz CT molecular complexity index is 869. The number of nitrogens with one attached hydrogen (secondary N) is 1. The Morgan fingerprint density at radius 3 is 2.50 bits per heavy atom. The van der Waals surface area contributed by atoms with E-state index in [1.54, 1.807) is 18.2 Å². The zero-order valence-corrected chi connectivity index (χ0v) is 14.7. The summed E-state index contributed by atoms with van der Waals surface area (Å²) in [4.78, 5) is 12.0. The molecule has 24 heavy (non-hydrogen) atoms. The molecular weight excluding hydrogens is 355 g/mol. The lowest BCUT2D eigenvalue weighted by molar-refractivity contribution is 0.0950. The van der Waals surface area contributed by atoms with E-state index in [2.05, 4.69) is 5.32 Å². The van der Waals surface area contributed by atoms with Gasteiger partial charge in [0.1, 0.15) is 10.7 Å². The molecule has 2 aromatic carbocycles. The molecule has 0 atom stereocenters. The maximum Gasteiger partial charge on any atom is 0.251 e. The molecule has 5 nitrogen and oxygen atoms in total. The topological polar surface area (TPSA) is 66.5 Å². The van der Waals surface area contributed by atoms with E-state index in [9.17, 15) is 17.6 Å². The smallest absolute Gasteiger partial charge is 0.251 e. The van der Waals surface area contributed by atoms with Crippen molar-refractivity contribution in [3.8, 4) is 0 Å². The summed E-state index contributed by atoms with van der Waals surface area (Å²) in [6, 6.07) is 10.0. The molecule has 0 saturated heterocycles. The van der Waals surface area contributed by atoms with Crippen LogP contribution < -0.4 is 5.32 Å². The van der Waals surface area contributed by atoms with Gasteiger partial charge in [0, 0.05) is 31.8 Å². The Hall–Kier alpha value is -1.96. The molecule has 0 fully saturated rings. The minimum Gasteiger partial charge on any atom is -0.348 e. The second-order valence-corrected chi connectivity index (χ2v) is 7.73. The van der Waals surface area contributed by atoms with E-state index in [4.69, 9.17) is 11.6 Å². The minimum atomic E-state index is -3.78. The van der Waals surface area contributed by atoms with Gasteiger partial charge in [-0.15, -0.1) is 0 Å². The maximum atomic E-state index is 13.6. The van der Waals surface area contributed by atoms with Crippen LogP contribution in [-0.2, 0) is 16.6 Å². The van der Waals surface area contributed by atoms with Crippen LogP contribution in [0.4, 0.5) is 4.39 Å². The molecule has 0 saturated carbocycles. The summed E-state index contributed by atoms with van der Waals surface area (Å²) in [5, 5.41) is 2.58. The standard InChI is InChI=1S/C16H16ClFN2O3S/c1-20(2)24(22,23)15-9-11(7-8-13(15)17)16(21)19-10-12-5-3-4-6-14(12)18/h3-9H,10H2,1-2H3,(H,19,21). The number of hydrogen-bond donors (Lipinski definition) is 1. The fourth-order valence-corrected chi connectivity index (χ4v) is 3.35. The highest BCUT2D eigenvalue weighted by Crippen LogP contribution is 2.24. The van der Waals surface area contributed by atoms with Crippen LogP contribution in [0.1, 0.15) is 15.9 Å². The average Bonchev–Trinajstić information content (AvgIpc) is 2.54. The zero-order chi connectivity index (χ0) is 17.9. The lowest BCUT2D eigenvalue weighted by Gasteiger charge is -2.14. The van der Waals surface area contributed by atoms with Crippen molar-refractivity contribution in [2.75, 3.05) is 14.1 Å². The summed E-state index contributed by atoms with van der Waals surface area (Å²) in [5.41, 5.74) is 0.456. The Morgan fingerprint density at radius 1 is 1.21 bits per heavy atom. The molecule has 0 aliphatic carbocycles. The molecule has 8 heteroatoms. The van der Waals surface area contributed by atoms with Crippen molar-refractivity contribution in [3.05, 3.63) is 64.4 Å². The number of hydrogen-bond acceptors (Lipinski definition) is 3. The lowest BCUT2D eigenvalue weighted by Crippen LogP contribution is -2.25. The largest absolute Gasteiger partial charge is 0.348 e. The fraction of sp³-hybridized carbons (Fsp3) is 0.188. The predicted molar refractivity (Wildman–Crippen MR) is 89.9 cm³/mol. The summed E-state index contributed by atoms with van der Waals surface area (Å²) in [6.45, 7) is -0.0100. The van der Waals surface area contributed by atoms with Crippen molar-refractivity contribution < 1.29 is 17.6 Å². The normalized spacial score (nSPS) is 11.5. The second kappa shape index (κ2) is 7.29.